The molecule has 0 radical (unpaired) electrons. The molecule has 0 aliphatic carbocycles. The summed E-state index contributed by atoms with van der Waals surface area (Å²) >= 11 is 0. The Morgan fingerprint density at radius 3 is 2.62 bits per heavy atom. The fourth-order valence-corrected chi connectivity index (χ4v) is 1.53. The molecule has 0 spiro atoms. The smallest absolute Gasteiger partial charge is 0.0964 e. The van der Waals surface area contributed by atoms with E-state index in [9.17, 15) is 5.11 Å². The number of aromatic nitrogens is 3. The van der Waals surface area contributed by atoms with Crippen LogP contribution in [-0.2, 0) is 13.1 Å². The van der Waals surface area contributed by atoms with Gasteiger partial charge in [0.05, 0.1) is 17.8 Å². The van der Waals surface area contributed by atoms with Crippen LogP contribution >= 0.6 is 0 Å². The summed E-state index contributed by atoms with van der Waals surface area (Å²) in [7, 11) is 0. The molecule has 1 rings (SSSR count). The van der Waals surface area contributed by atoms with Crippen LogP contribution in [0, 0.1) is 0 Å². The van der Waals surface area contributed by atoms with Gasteiger partial charge in [-0.15, -0.1) is 5.10 Å². The molecule has 2 N–H and O–H groups in total. The quantitative estimate of drug-likeness (QED) is 0.726. The highest BCUT2D eigenvalue weighted by Crippen LogP contribution is 2.16. The van der Waals surface area contributed by atoms with E-state index in [1.54, 1.807) is 4.68 Å². The molecule has 0 aliphatic rings. The monoisotopic (exact) mass is 226 g/mol. The third-order valence-corrected chi connectivity index (χ3v) is 2.91. The van der Waals surface area contributed by atoms with Crippen LogP contribution in [0.5, 0.6) is 0 Å². The maximum Gasteiger partial charge on any atom is 0.0964 e. The van der Waals surface area contributed by atoms with Gasteiger partial charge in [0.1, 0.15) is 0 Å². The second kappa shape index (κ2) is 5.96. The first-order valence-corrected chi connectivity index (χ1v) is 5.95. The van der Waals surface area contributed by atoms with Crippen molar-refractivity contribution >= 4 is 0 Å². The van der Waals surface area contributed by atoms with Crippen molar-refractivity contribution in [1.29, 1.82) is 0 Å². The van der Waals surface area contributed by atoms with Gasteiger partial charge >= 0.3 is 0 Å². The molecule has 5 nitrogen and oxygen atoms in total. The lowest BCUT2D eigenvalue weighted by atomic mass is 9.98. The van der Waals surface area contributed by atoms with E-state index in [-0.39, 0.29) is 0 Å². The highest BCUT2D eigenvalue weighted by Gasteiger charge is 2.23. The Morgan fingerprint density at radius 2 is 2.06 bits per heavy atom. The second-order valence-corrected chi connectivity index (χ2v) is 4.12. The highest BCUT2D eigenvalue weighted by molar-refractivity contribution is 4.92. The first-order valence-electron chi connectivity index (χ1n) is 5.95. The van der Waals surface area contributed by atoms with Crippen LogP contribution in [0.2, 0.25) is 0 Å². The minimum absolute atomic E-state index is 0.513. The molecular formula is C11H22N4O. The van der Waals surface area contributed by atoms with E-state index < -0.39 is 5.60 Å². The van der Waals surface area contributed by atoms with E-state index in [0.717, 1.165) is 31.6 Å². The van der Waals surface area contributed by atoms with Gasteiger partial charge in [-0.3, -0.25) is 0 Å². The van der Waals surface area contributed by atoms with Crippen LogP contribution in [0.1, 0.15) is 39.3 Å². The number of nitrogens with one attached hydrogen (secondary N) is 1. The molecule has 1 heterocycles. The molecule has 0 bridgehead atoms. The molecule has 0 atom stereocenters. The van der Waals surface area contributed by atoms with Crippen LogP contribution in [0.4, 0.5) is 0 Å². The van der Waals surface area contributed by atoms with Crippen LogP contribution in [-0.4, -0.2) is 32.2 Å². The van der Waals surface area contributed by atoms with Crippen LogP contribution in [0.3, 0.4) is 0 Å². The average molecular weight is 226 g/mol. The van der Waals surface area contributed by atoms with Gasteiger partial charge in [0.2, 0.25) is 0 Å². The summed E-state index contributed by atoms with van der Waals surface area (Å²) in [6, 6.07) is 0. The lowest BCUT2D eigenvalue weighted by molar-refractivity contribution is 0.0114. The van der Waals surface area contributed by atoms with Crippen molar-refractivity contribution < 1.29 is 5.11 Å². The SMILES string of the molecule is CCNCc1cn(CC(O)(CC)CC)nn1. The number of rotatable bonds is 7. The van der Waals surface area contributed by atoms with Gasteiger partial charge in [0.15, 0.2) is 0 Å². The summed E-state index contributed by atoms with van der Waals surface area (Å²) < 4.78 is 1.72. The minimum Gasteiger partial charge on any atom is -0.388 e. The number of nitrogens with zero attached hydrogens (tertiary/aromatic N) is 3. The fourth-order valence-electron chi connectivity index (χ4n) is 1.53. The molecule has 1 aromatic heterocycles. The molecule has 0 aromatic carbocycles. The maximum atomic E-state index is 10.2. The number of aliphatic hydroxyl groups is 1. The lowest BCUT2D eigenvalue weighted by Gasteiger charge is -2.24. The Hall–Kier alpha value is -0.940. The fraction of sp³-hybridized carbons (Fsp3) is 0.818. The molecule has 0 fully saturated rings. The Kier molecular flexibility index (Phi) is 4.89. The summed E-state index contributed by atoms with van der Waals surface area (Å²) in [6.45, 7) is 8.18. The van der Waals surface area contributed by atoms with Gasteiger partial charge < -0.3 is 10.4 Å². The summed E-state index contributed by atoms with van der Waals surface area (Å²) in [4.78, 5) is 0. The Bertz CT molecular complexity index is 307. The molecule has 1 aromatic rings. The van der Waals surface area contributed by atoms with Crippen molar-refractivity contribution in [2.45, 2.75) is 52.3 Å². The van der Waals surface area contributed by atoms with E-state index in [2.05, 4.69) is 22.6 Å². The average Bonchev–Trinajstić information content (AvgIpc) is 2.73. The molecule has 5 heteroatoms. The molecule has 0 saturated heterocycles. The van der Waals surface area contributed by atoms with E-state index in [1.165, 1.54) is 0 Å². The van der Waals surface area contributed by atoms with Crippen molar-refractivity contribution in [1.82, 2.24) is 20.3 Å². The zero-order chi connectivity index (χ0) is 12.0. The predicted molar refractivity (Wildman–Crippen MR) is 62.9 cm³/mol. The normalized spacial score (nSPS) is 12.0. The predicted octanol–water partition coefficient (Wildman–Crippen LogP) is 0.939. The van der Waals surface area contributed by atoms with Gasteiger partial charge in [-0.1, -0.05) is 26.0 Å². The third kappa shape index (κ3) is 3.57. The second-order valence-electron chi connectivity index (χ2n) is 4.12. The van der Waals surface area contributed by atoms with E-state index in [1.807, 2.05) is 20.0 Å². The molecule has 0 saturated carbocycles. The summed E-state index contributed by atoms with van der Waals surface area (Å²) in [5.74, 6) is 0. The summed E-state index contributed by atoms with van der Waals surface area (Å²) in [5.41, 5.74) is 0.250. The van der Waals surface area contributed by atoms with Gasteiger partial charge in [0, 0.05) is 12.7 Å². The standard InChI is InChI=1S/C11H22N4O/c1-4-11(16,5-2)9-15-8-10(13-14-15)7-12-6-3/h8,12,16H,4-7,9H2,1-3H3. The van der Waals surface area contributed by atoms with Gasteiger partial charge in [-0.05, 0) is 19.4 Å². The van der Waals surface area contributed by atoms with Gasteiger partial charge in [0.25, 0.3) is 0 Å². The topological polar surface area (TPSA) is 63.0 Å². The van der Waals surface area contributed by atoms with Gasteiger partial charge in [-0.25, -0.2) is 4.68 Å². The van der Waals surface area contributed by atoms with Crippen LogP contribution in [0.15, 0.2) is 6.20 Å². The minimum atomic E-state index is -0.664. The first-order chi connectivity index (χ1) is 7.63. The van der Waals surface area contributed by atoms with Crippen molar-refractivity contribution in [2.24, 2.45) is 0 Å². The largest absolute Gasteiger partial charge is 0.388 e. The first kappa shape index (κ1) is 13.1. The number of hydrogen-bond acceptors (Lipinski definition) is 4. The van der Waals surface area contributed by atoms with Crippen molar-refractivity contribution in [3.63, 3.8) is 0 Å². The Labute approximate surface area is 96.9 Å². The highest BCUT2D eigenvalue weighted by atomic mass is 16.3. The molecule has 16 heavy (non-hydrogen) atoms. The van der Waals surface area contributed by atoms with Crippen LogP contribution < -0.4 is 5.32 Å². The third-order valence-electron chi connectivity index (χ3n) is 2.91. The number of hydrogen-bond donors (Lipinski definition) is 2. The van der Waals surface area contributed by atoms with Crippen molar-refractivity contribution in [2.75, 3.05) is 6.54 Å². The molecular weight excluding hydrogens is 204 g/mol. The Morgan fingerprint density at radius 1 is 1.38 bits per heavy atom. The maximum absolute atomic E-state index is 10.2. The summed E-state index contributed by atoms with van der Waals surface area (Å²) in [5, 5.41) is 21.4. The molecule has 0 unspecified atom stereocenters. The zero-order valence-electron chi connectivity index (χ0n) is 10.4. The van der Waals surface area contributed by atoms with E-state index in [4.69, 9.17) is 0 Å². The molecule has 92 valence electrons. The Balaban J connectivity index is 2.57. The van der Waals surface area contributed by atoms with E-state index >= 15 is 0 Å². The lowest BCUT2D eigenvalue weighted by Crippen LogP contribution is -2.32. The molecule has 0 amide bonds. The zero-order valence-corrected chi connectivity index (χ0v) is 10.4. The van der Waals surface area contributed by atoms with Crippen molar-refractivity contribution in [3.8, 4) is 0 Å². The van der Waals surface area contributed by atoms with Crippen LogP contribution in [0.25, 0.3) is 0 Å². The van der Waals surface area contributed by atoms with Gasteiger partial charge in [-0.2, -0.15) is 0 Å². The van der Waals surface area contributed by atoms with Crippen molar-refractivity contribution in [3.05, 3.63) is 11.9 Å². The molecule has 0 aliphatic heterocycles. The van der Waals surface area contributed by atoms with E-state index in [0.29, 0.717) is 6.54 Å². The summed E-state index contributed by atoms with van der Waals surface area (Å²) in [6.07, 6.45) is 3.34.